The Morgan fingerprint density at radius 3 is 2.76 bits per heavy atom. The molecule has 9 heteroatoms. The summed E-state index contributed by atoms with van der Waals surface area (Å²) in [5, 5.41) is 11.8. The summed E-state index contributed by atoms with van der Waals surface area (Å²) in [6.07, 6.45) is 3.32. The maximum Gasteiger partial charge on any atom is 0.230 e. The minimum absolute atomic E-state index is 0.115. The molecule has 1 N–H and O–H groups in total. The lowest BCUT2D eigenvalue weighted by Crippen LogP contribution is -2.24. The molecular weight excluding hydrogens is 392 g/mol. The van der Waals surface area contributed by atoms with E-state index in [1.54, 1.807) is 25.5 Å². The first-order chi connectivity index (χ1) is 14.2. The van der Waals surface area contributed by atoms with Crippen LogP contribution in [-0.2, 0) is 24.5 Å². The number of allylic oxidation sites excluding steroid dienone is 1. The summed E-state index contributed by atoms with van der Waals surface area (Å²) >= 11 is 1.31. The molecule has 0 fully saturated rings. The van der Waals surface area contributed by atoms with E-state index in [0.717, 1.165) is 5.75 Å². The highest BCUT2D eigenvalue weighted by atomic mass is 32.2. The van der Waals surface area contributed by atoms with E-state index in [-0.39, 0.29) is 18.3 Å². The van der Waals surface area contributed by atoms with Gasteiger partial charge >= 0.3 is 0 Å². The number of amides is 1. The number of aromatic nitrogens is 3. The minimum atomic E-state index is -0.115. The van der Waals surface area contributed by atoms with Crippen LogP contribution in [0.5, 0.6) is 11.5 Å². The van der Waals surface area contributed by atoms with Crippen molar-refractivity contribution in [1.82, 2.24) is 20.1 Å². The molecule has 2 aromatic heterocycles. The van der Waals surface area contributed by atoms with Crippen LogP contribution in [-0.4, -0.2) is 33.5 Å². The van der Waals surface area contributed by atoms with Crippen LogP contribution in [0.4, 0.5) is 0 Å². The van der Waals surface area contributed by atoms with Gasteiger partial charge in [0, 0.05) is 6.54 Å². The summed E-state index contributed by atoms with van der Waals surface area (Å²) < 4.78 is 18.0. The number of methoxy groups -OCH3 is 1. The molecular formula is C20H22N4O4S. The third kappa shape index (κ3) is 5.89. The van der Waals surface area contributed by atoms with Gasteiger partial charge in [0.15, 0.2) is 11.0 Å². The molecule has 0 saturated heterocycles. The standard InChI is InChI=1S/C20H22N4O4S/c1-3-10-24-18(13-28-16-8-6-15(26-2)7-9-16)22-23-20(24)29-14-19(25)21-12-17-5-4-11-27-17/h3-9,11H,1,10,12-14H2,2H3,(H,21,25). The lowest BCUT2D eigenvalue weighted by molar-refractivity contribution is -0.118. The Labute approximate surface area is 172 Å². The molecule has 29 heavy (non-hydrogen) atoms. The molecule has 0 bridgehead atoms. The molecule has 0 aliphatic carbocycles. The Kier molecular flexibility index (Phi) is 7.34. The quantitative estimate of drug-likeness (QED) is 0.381. The van der Waals surface area contributed by atoms with Crippen molar-refractivity contribution < 1.29 is 18.7 Å². The molecule has 0 saturated carbocycles. The normalized spacial score (nSPS) is 10.5. The molecule has 1 amide bonds. The zero-order valence-corrected chi connectivity index (χ0v) is 16.9. The lowest BCUT2D eigenvalue weighted by atomic mass is 10.3. The molecule has 0 unspecified atom stereocenters. The third-order valence-electron chi connectivity index (χ3n) is 3.90. The number of hydrogen-bond acceptors (Lipinski definition) is 7. The summed E-state index contributed by atoms with van der Waals surface area (Å²) in [7, 11) is 1.62. The van der Waals surface area contributed by atoms with Gasteiger partial charge in [0.2, 0.25) is 5.91 Å². The number of furan rings is 1. The SMILES string of the molecule is C=CCn1c(COc2ccc(OC)cc2)nnc1SCC(=O)NCc1ccco1. The predicted octanol–water partition coefficient (Wildman–Crippen LogP) is 3.05. The van der Waals surface area contributed by atoms with Crippen molar-refractivity contribution >= 4 is 17.7 Å². The van der Waals surface area contributed by atoms with E-state index in [2.05, 4.69) is 22.1 Å². The Hall–Kier alpha value is -3.20. The van der Waals surface area contributed by atoms with Crippen molar-refractivity contribution in [3.8, 4) is 11.5 Å². The first-order valence-electron chi connectivity index (χ1n) is 8.91. The molecule has 8 nitrogen and oxygen atoms in total. The number of carbonyl (C=O) groups excluding carboxylic acids is 1. The first kappa shape index (κ1) is 20.5. The molecule has 0 radical (unpaired) electrons. The second-order valence-electron chi connectivity index (χ2n) is 5.91. The highest BCUT2D eigenvalue weighted by Gasteiger charge is 2.14. The molecule has 3 aromatic rings. The van der Waals surface area contributed by atoms with E-state index < -0.39 is 0 Å². The van der Waals surface area contributed by atoms with Crippen LogP contribution in [0.15, 0.2) is 64.9 Å². The molecule has 152 valence electrons. The fourth-order valence-electron chi connectivity index (χ4n) is 2.44. The van der Waals surface area contributed by atoms with Gasteiger partial charge in [-0.25, -0.2) is 0 Å². The number of benzene rings is 1. The van der Waals surface area contributed by atoms with Crippen molar-refractivity contribution in [2.24, 2.45) is 0 Å². The zero-order valence-electron chi connectivity index (χ0n) is 16.0. The van der Waals surface area contributed by atoms with Gasteiger partial charge < -0.3 is 19.2 Å². The van der Waals surface area contributed by atoms with Gasteiger partial charge in [-0.15, -0.1) is 16.8 Å². The van der Waals surface area contributed by atoms with Crippen LogP contribution in [0.2, 0.25) is 0 Å². The van der Waals surface area contributed by atoms with Gasteiger partial charge in [-0.1, -0.05) is 17.8 Å². The average molecular weight is 414 g/mol. The van der Waals surface area contributed by atoms with E-state index in [1.807, 2.05) is 34.9 Å². The second-order valence-corrected chi connectivity index (χ2v) is 6.85. The third-order valence-corrected chi connectivity index (χ3v) is 4.87. The van der Waals surface area contributed by atoms with Crippen LogP contribution in [0.3, 0.4) is 0 Å². The fourth-order valence-corrected chi connectivity index (χ4v) is 3.24. The van der Waals surface area contributed by atoms with Crippen LogP contribution in [0.1, 0.15) is 11.6 Å². The van der Waals surface area contributed by atoms with E-state index >= 15 is 0 Å². The largest absolute Gasteiger partial charge is 0.497 e. The molecule has 1 aromatic carbocycles. The Morgan fingerprint density at radius 1 is 1.28 bits per heavy atom. The first-order valence-corrected chi connectivity index (χ1v) is 9.90. The fraction of sp³-hybridized carbons (Fsp3) is 0.250. The van der Waals surface area contributed by atoms with E-state index in [4.69, 9.17) is 13.9 Å². The number of rotatable bonds is 11. The Bertz CT molecular complexity index is 923. The van der Waals surface area contributed by atoms with Crippen LogP contribution in [0, 0.1) is 0 Å². The van der Waals surface area contributed by atoms with Gasteiger partial charge in [0.25, 0.3) is 0 Å². The van der Waals surface area contributed by atoms with Gasteiger partial charge in [-0.3, -0.25) is 9.36 Å². The summed E-state index contributed by atoms with van der Waals surface area (Å²) in [5.74, 6) is 2.92. The minimum Gasteiger partial charge on any atom is -0.497 e. The van der Waals surface area contributed by atoms with E-state index in [1.165, 1.54) is 11.8 Å². The van der Waals surface area contributed by atoms with Gasteiger partial charge in [0.1, 0.15) is 23.9 Å². The molecule has 0 aliphatic heterocycles. The Balaban J connectivity index is 1.55. The molecule has 0 aliphatic rings. The lowest BCUT2D eigenvalue weighted by Gasteiger charge is -2.09. The number of hydrogen-bond donors (Lipinski definition) is 1. The van der Waals surface area contributed by atoms with Crippen molar-refractivity contribution in [3.63, 3.8) is 0 Å². The van der Waals surface area contributed by atoms with Crippen LogP contribution in [0.25, 0.3) is 0 Å². The molecule has 0 atom stereocenters. The van der Waals surface area contributed by atoms with Crippen molar-refractivity contribution in [1.29, 1.82) is 0 Å². The highest BCUT2D eigenvalue weighted by molar-refractivity contribution is 7.99. The highest BCUT2D eigenvalue weighted by Crippen LogP contribution is 2.20. The summed E-state index contributed by atoms with van der Waals surface area (Å²) in [4.78, 5) is 12.1. The van der Waals surface area contributed by atoms with Crippen molar-refractivity contribution in [3.05, 3.63) is 66.9 Å². The number of carbonyl (C=O) groups is 1. The average Bonchev–Trinajstić information content (AvgIpc) is 3.40. The maximum atomic E-state index is 12.1. The van der Waals surface area contributed by atoms with E-state index in [0.29, 0.717) is 35.6 Å². The van der Waals surface area contributed by atoms with Crippen molar-refractivity contribution in [2.45, 2.75) is 24.9 Å². The predicted molar refractivity (Wildman–Crippen MR) is 109 cm³/mol. The number of nitrogens with one attached hydrogen (secondary N) is 1. The van der Waals surface area contributed by atoms with Gasteiger partial charge in [-0.05, 0) is 36.4 Å². The monoisotopic (exact) mass is 414 g/mol. The van der Waals surface area contributed by atoms with Crippen LogP contribution >= 0.6 is 11.8 Å². The van der Waals surface area contributed by atoms with Crippen molar-refractivity contribution in [2.75, 3.05) is 12.9 Å². The number of ether oxygens (including phenoxy) is 2. The Morgan fingerprint density at radius 2 is 2.07 bits per heavy atom. The van der Waals surface area contributed by atoms with Crippen LogP contribution < -0.4 is 14.8 Å². The smallest absolute Gasteiger partial charge is 0.230 e. The summed E-state index contributed by atoms with van der Waals surface area (Å²) in [6, 6.07) is 10.9. The second kappa shape index (κ2) is 10.4. The molecule has 3 rings (SSSR count). The molecule has 0 spiro atoms. The van der Waals surface area contributed by atoms with Gasteiger partial charge in [0.05, 0.1) is 25.7 Å². The maximum absolute atomic E-state index is 12.1. The summed E-state index contributed by atoms with van der Waals surface area (Å²) in [6.45, 7) is 4.90. The van der Waals surface area contributed by atoms with E-state index in [9.17, 15) is 4.79 Å². The molecule has 2 heterocycles. The number of nitrogens with zero attached hydrogens (tertiary/aromatic N) is 3. The van der Waals surface area contributed by atoms with Gasteiger partial charge in [-0.2, -0.15) is 0 Å². The zero-order chi connectivity index (χ0) is 20.5. The topological polar surface area (TPSA) is 91.4 Å². The number of thioether (sulfide) groups is 1. The summed E-state index contributed by atoms with van der Waals surface area (Å²) in [5.41, 5.74) is 0.